The van der Waals surface area contributed by atoms with Gasteiger partial charge >= 0.3 is 0 Å². The highest BCUT2D eigenvalue weighted by Crippen LogP contribution is 2.26. The third-order valence-corrected chi connectivity index (χ3v) is 7.90. The van der Waals surface area contributed by atoms with E-state index in [4.69, 9.17) is 0 Å². The molecule has 2 aromatic carbocycles. The minimum atomic E-state index is -1.17. The van der Waals surface area contributed by atoms with Gasteiger partial charge < -0.3 is 15.4 Å². The number of hydrogen-bond acceptors (Lipinski definition) is 4. The van der Waals surface area contributed by atoms with E-state index in [1.807, 2.05) is 48.5 Å². The summed E-state index contributed by atoms with van der Waals surface area (Å²) >= 11 is 0. The summed E-state index contributed by atoms with van der Waals surface area (Å²) < 4.78 is 0. The number of benzene rings is 2. The fourth-order valence-corrected chi connectivity index (χ4v) is 5.26. The summed E-state index contributed by atoms with van der Waals surface area (Å²) in [5.74, 6) is 0. The highest BCUT2D eigenvalue weighted by molar-refractivity contribution is 5.93. The standard InChI is InChI=1S/C35H55NO3/c1-3-5-7-9-11-13-15-17-19-29-21-25-31(26-22-29)34(37)33(36-39)35(38)32-27-23-30(24-28-32)20-18-16-14-12-10-8-6-4-2/h21-28,34-35,37-39H,3-20H2,1-2H3. The number of nitrogens with zero attached hydrogens (tertiary/aromatic N) is 1. The lowest BCUT2D eigenvalue weighted by Gasteiger charge is -2.19. The predicted molar refractivity (Wildman–Crippen MR) is 165 cm³/mol. The zero-order chi connectivity index (χ0) is 28.1. The van der Waals surface area contributed by atoms with Gasteiger partial charge in [-0.05, 0) is 47.9 Å². The molecule has 218 valence electrons. The van der Waals surface area contributed by atoms with Crippen LogP contribution < -0.4 is 0 Å². The van der Waals surface area contributed by atoms with Crippen LogP contribution in [0.3, 0.4) is 0 Å². The van der Waals surface area contributed by atoms with Gasteiger partial charge in [0.25, 0.3) is 0 Å². The van der Waals surface area contributed by atoms with Gasteiger partial charge in [0.15, 0.2) is 0 Å². The fraction of sp³-hybridized carbons (Fsp3) is 0.629. The van der Waals surface area contributed by atoms with Gasteiger partial charge in [-0.2, -0.15) is 0 Å². The Balaban J connectivity index is 1.76. The maximum absolute atomic E-state index is 10.9. The Bertz CT molecular complexity index is 820. The first kappa shape index (κ1) is 33.0. The van der Waals surface area contributed by atoms with Crippen LogP contribution >= 0.6 is 0 Å². The molecule has 2 atom stereocenters. The molecule has 0 saturated heterocycles. The van der Waals surface area contributed by atoms with Gasteiger partial charge in [-0.25, -0.2) is 0 Å². The lowest BCUT2D eigenvalue weighted by Crippen LogP contribution is -2.21. The van der Waals surface area contributed by atoms with Crippen LogP contribution in [0, 0.1) is 0 Å². The molecule has 0 aromatic heterocycles. The first-order valence-electron chi connectivity index (χ1n) is 15.9. The number of rotatable bonds is 22. The summed E-state index contributed by atoms with van der Waals surface area (Å²) in [5, 5.41) is 34.7. The van der Waals surface area contributed by atoms with Gasteiger partial charge in [-0.1, -0.05) is 157 Å². The predicted octanol–water partition coefficient (Wildman–Crippen LogP) is 9.65. The second kappa shape index (κ2) is 20.7. The lowest BCUT2D eigenvalue weighted by molar-refractivity contribution is 0.184. The minimum Gasteiger partial charge on any atom is -0.411 e. The third kappa shape index (κ3) is 13.2. The molecule has 0 aliphatic rings. The van der Waals surface area contributed by atoms with E-state index in [-0.39, 0.29) is 5.71 Å². The molecule has 2 unspecified atom stereocenters. The quantitative estimate of drug-likeness (QED) is 0.0606. The van der Waals surface area contributed by atoms with E-state index in [1.165, 1.54) is 114 Å². The molecule has 2 aromatic rings. The van der Waals surface area contributed by atoms with Gasteiger partial charge in [0, 0.05) is 0 Å². The summed E-state index contributed by atoms with van der Waals surface area (Å²) in [4.78, 5) is 0. The van der Waals surface area contributed by atoms with E-state index in [0.717, 1.165) is 12.8 Å². The number of unbranched alkanes of at least 4 members (excludes halogenated alkanes) is 14. The van der Waals surface area contributed by atoms with E-state index in [2.05, 4.69) is 19.0 Å². The van der Waals surface area contributed by atoms with E-state index >= 15 is 0 Å². The van der Waals surface area contributed by atoms with Crippen molar-refractivity contribution in [1.29, 1.82) is 0 Å². The van der Waals surface area contributed by atoms with Crippen molar-refractivity contribution in [2.75, 3.05) is 0 Å². The molecule has 39 heavy (non-hydrogen) atoms. The second-order valence-corrected chi connectivity index (χ2v) is 11.3. The zero-order valence-electron chi connectivity index (χ0n) is 24.8. The van der Waals surface area contributed by atoms with Crippen LogP contribution in [-0.2, 0) is 12.8 Å². The van der Waals surface area contributed by atoms with Crippen LogP contribution in [0.2, 0.25) is 0 Å². The maximum atomic E-state index is 10.9. The molecule has 4 nitrogen and oxygen atoms in total. The Morgan fingerprint density at radius 1 is 0.513 bits per heavy atom. The number of aliphatic hydroxyl groups excluding tert-OH is 2. The van der Waals surface area contributed by atoms with Crippen LogP contribution in [0.5, 0.6) is 0 Å². The Labute approximate surface area is 238 Å². The average Bonchev–Trinajstić information content (AvgIpc) is 2.96. The van der Waals surface area contributed by atoms with Gasteiger partial charge in [-0.15, -0.1) is 0 Å². The van der Waals surface area contributed by atoms with Crippen LogP contribution in [0.1, 0.15) is 151 Å². The molecular weight excluding hydrogens is 482 g/mol. The van der Waals surface area contributed by atoms with Crippen LogP contribution in [0.25, 0.3) is 0 Å². The van der Waals surface area contributed by atoms with Crippen molar-refractivity contribution in [3.05, 3.63) is 70.8 Å². The number of aryl methyl sites for hydroxylation is 2. The van der Waals surface area contributed by atoms with Crippen LogP contribution in [0.4, 0.5) is 0 Å². The smallest absolute Gasteiger partial charge is 0.123 e. The molecule has 0 radical (unpaired) electrons. The van der Waals surface area contributed by atoms with Crippen molar-refractivity contribution in [2.24, 2.45) is 5.16 Å². The van der Waals surface area contributed by atoms with Gasteiger partial charge in [-0.3, -0.25) is 0 Å². The Kier molecular flexibility index (Phi) is 17.5. The summed E-state index contributed by atoms with van der Waals surface area (Å²) in [6.45, 7) is 4.50. The Hall–Kier alpha value is -2.17. The molecule has 3 N–H and O–H groups in total. The van der Waals surface area contributed by atoms with E-state index in [0.29, 0.717) is 11.1 Å². The molecule has 0 aliphatic carbocycles. The monoisotopic (exact) mass is 537 g/mol. The van der Waals surface area contributed by atoms with Gasteiger partial charge in [0.1, 0.15) is 17.9 Å². The van der Waals surface area contributed by atoms with Gasteiger partial charge in [0.2, 0.25) is 0 Å². The largest absolute Gasteiger partial charge is 0.411 e. The van der Waals surface area contributed by atoms with Crippen molar-refractivity contribution in [2.45, 2.75) is 142 Å². The average molecular weight is 538 g/mol. The SMILES string of the molecule is CCCCCCCCCCc1ccc(C(O)C(=NO)C(O)c2ccc(CCCCCCCCCC)cc2)cc1. The van der Waals surface area contributed by atoms with E-state index < -0.39 is 12.2 Å². The van der Waals surface area contributed by atoms with Crippen molar-refractivity contribution in [3.63, 3.8) is 0 Å². The molecule has 0 amide bonds. The van der Waals surface area contributed by atoms with Crippen molar-refractivity contribution in [3.8, 4) is 0 Å². The highest BCUT2D eigenvalue weighted by Gasteiger charge is 2.25. The first-order chi connectivity index (χ1) is 19.1. The molecule has 4 heteroatoms. The molecule has 0 spiro atoms. The van der Waals surface area contributed by atoms with Crippen molar-refractivity contribution >= 4 is 5.71 Å². The molecule has 0 heterocycles. The topological polar surface area (TPSA) is 73.1 Å². The van der Waals surface area contributed by atoms with Crippen molar-refractivity contribution in [1.82, 2.24) is 0 Å². The molecule has 0 bridgehead atoms. The Morgan fingerprint density at radius 2 is 0.821 bits per heavy atom. The van der Waals surface area contributed by atoms with Crippen molar-refractivity contribution < 1.29 is 15.4 Å². The lowest BCUT2D eigenvalue weighted by atomic mass is 9.94. The summed E-state index contributed by atoms with van der Waals surface area (Å²) in [7, 11) is 0. The minimum absolute atomic E-state index is 0.0540. The molecule has 2 rings (SSSR count). The van der Waals surface area contributed by atoms with E-state index in [9.17, 15) is 15.4 Å². The normalized spacial score (nSPS) is 12.8. The third-order valence-electron chi connectivity index (χ3n) is 7.90. The van der Waals surface area contributed by atoms with Crippen LogP contribution in [-0.4, -0.2) is 21.1 Å². The molecule has 0 fully saturated rings. The first-order valence-corrected chi connectivity index (χ1v) is 15.9. The zero-order valence-corrected chi connectivity index (χ0v) is 24.8. The Morgan fingerprint density at radius 3 is 1.13 bits per heavy atom. The van der Waals surface area contributed by atoms with Gasteiger partial charge in [0.05, 0.1) is 0 Å². The molecule has 0 aliphatic heterocycles. The fourth-order valence-electron chi connectivity index (χ4n) is 5.26. The molecular formula is C35H55NO3. The number of oxime groups is 1. The molecule has 0 saturated carbocycles. The maximum Gasteiger partial charge on any atom is 0.123 e. The van der Waals surface area contributed by atoms with Crippen LogP contribution in [0.15, 0.2) is 53.7 Å². The number of hydrogen-bond donors (Lipinski definition) is 3. The van der Waals surface area contributed by atoms with E-state index in [1.54, 1.807) is 0 Å². The second-order valence-electron chi connectivity index (χ2n) is 11.3. The number of aliphatic hydroxyl groups is 2. The summed E-state index contributed by atoms with van der Waals surface area (Å²) in [6.07, 6.45) is 20.5. The summed E-state index contributed by atoms with van der Waals surface area (Å²) in [5.41, 5.74) is 3.67. The summed E-state index contributed by atoms with van der Waals surface area (Å²) in [6, 6.07) is 15.6. The highest BCUT2D eigenvalue weighted by atomic mass is 16.4.